The number of nitrogens with zero attached hydrogens (tertiary/aromatic N) is 1. The predicted molar refractivity (Wildman–Crippen MR) is 95.0 cm³/mol. The summed E-state index contributed by atoms with van der Waals surface area (Å²) in [5, 5.41) is 12.1. The summed E-state index contributed by atoms with van der Waals surface area (Å²) in [5.41, 5.74) is 0.992. The van der Waals surface area contributed by atoms with E-state index < -0.39 is 24.1 Å². The van der Waals surface area contributed by atoms with E-state index in [0.717, 1.165) is 0 Å². The second-order valence-corrected chi connectivity index (χ2v) is 5.82. The number of alkyl halides is 3. The van der Waals surface area contributed by atoms with Crippen molar-refractivity contribution in [2.24, 2.45) is 0 Å². The number of rotatable bonds is 7. The molecule has 0 aliphatic carbocycles. The summed E-state index contributed by atoms with van der Waals surface area (Å²) in [6.45, 7) is 0. The number of aromatic carboxylic acids is 1. The Morgan fingerprint density at radius 2 is 1.90 bits per heavy atom. The molecule has 152 valence electrons. The molecule has 1 heterocycles. The Balaban J connectivity index is 1.97. The van der Waals surface area contributed by atoms with E-state index in [-0.39, 0.29) is 11.3 Å². The lowest BCUT2D eigenvalue weighted by Crippen LogP contribution is -2.18. The zero-order valence-corrected chi connectivity index (χ0v) is 14.9. The number of carboxylic acids is 1. The topological polar surface area (TPSA) is 93.8 Å². The van der Waals surface area contributed by atoms with Crippen LogP contribution in [0.1, 0.15) is 27.7 Å². The first-order chi connectivity index (χ1) is 13.8. The van der Waals surface area contributed by atoms with E-state index >= 15 is 0 Å². The number of ether oxygens (including phenoxy) is 2. The van der Waals surface area contributed by atoms with Crippen molar-refractivity contribution >= 4 is 11.7 Å². The van der Waals surface area contributed by atoms with Crippen molar-refractivity contribution in [3.8, 4) is 11.5 Å². The molecule has 0 saturated heterocycles. The Labute approximate surface area is 162 Å². The van der Waals surface area contributed by atoms with Gasteiger partial charge in [-0.05, 0) is 42.0 Å². The Kier molecular flexibility index (Phi) is 5.62. The summed E-state index contributed by atoms with van der Waals surface area (Å²) in [6, 6.07) is 9.20. The lowest BCUT2D eigenvalue weighted by molar-refractivity contribution is -0.275. The highest BCUT2D eigenvalue weighted by Crippen LogP contribution is 2.36. The molecule has 1 atom stereocenters. The molecule has 0 aliphatic heterocycles. The Morgan fingerprint density at radius 3 is 2.45 bits per heavy atom. The van der Waals surface area contributed by atoms with Gasteiger partial charge in [0.25, 0.3) is 0 Å². The van der Waals surface area contributed by atoms with Crippen LogP contribution in [0, 0.1) is 0 Å². The molecule has 2 aromatic carbocycles. The lowest BCUT2D eigenvalue weighted by atomic mass is 10.0. The van der Waals surface area contributed by atoms with Gasteiger partial charge in [-0.3, -0.25) is 0 Å². The first kappa shape index (κ1) is 20.1. The normalized spacial score (nSPS) is 12.3. The molecule has 3 rings (SSSR count). The molecular formula is C19H15F3N2O5. The monoisotopic (exact) mass is 408 g/mol. The van der Waals surface area contributed by atoms with Gasteiger partial charge in [-0.2, -0.15) is 0 Å². The van der Waals surface area contributed by atoms with Crippen LogP contribution in [0.2, 0.25) is 0 Å². The quantitative estimate of drug-likeness (QED) is 0.595. The highest BCUT2D eigenvalue weighted by molar-refractivity contribution is 5.88. The number of hydrogen-bond donors (Lipinski definition) is 2. The molecule has 0 fully saturated rings. The molecule has 0 spiro atoms. The second kappa shape index (κ2) is 8.13. The largest absolute Gasteiger partial charge is 0.573 e. The van der Waals surface area contributed by atoms with E-state index in [4.69, 9.17) is 14.3 Å². The van der Waals surface area contributed by atoms with Crippen molar-refractivity contribution in [2.45, 2.75) is 12.4 Å². The fourth-order valence-electron chi connectivity index (χ4n) is 2.64. The average molecular weight is 408 g/mol. The minimum atomic E-state index is -4.90. The van der Waals surface area contributed by atoms with E-state index in [1.54, 1.807) is 6.07 Å². The smallest absolute Gasteiger partial charge is 0.493 e. The van der Waals surface area contributed by atoms with Crippen LogP contribution in [0.3, 0.4) is 0 Å². The maximum absolute atomic E-state index is 12.7. The molecule has 10 heteroatoms. The molecular weight excluding hydrogens is 393 g/mol. The molecule has 0 bridgehead atoms. The van der Waals surface area contributed by atoms with Gasteiger partial charge < -0.3 is 24.3 Å². The Bertz CT molecular complexity index is 973. The van der Waals surface area contributed by atoms with Gasteiger partial charge in [-0.1, -0.05) is 6.07 Å². The van der Waals surface area contributed by atoms with Crippen LogP contribution in [0.5, 0.6) is 11.5 Å². The number of carbonyl (C=O) groups is 1. The van der Waals surface area contributed by atoms with Crippen molar-refractivity contribution in [3.05, 3.63) is 71.9 Å². The number of oxazole rings is 1. The number of hydrogen-bond acceptors (Lipinski definition) is 6. The third kappa shape index (κ3) is 4.98. The maximum atomic E-state index is 12.7. The van der Waals surface area contributed by atoms with E-state index in [9.17, 15) is 18.0 Å². The molecule has 0 amide bonds. The molecule has 0 saturated carbocycles. The van der Waals surface area contributed by atoms with Gasteiger partial charge in [-0.15, -0.1) is 13.2 Å². The summed E-state index contributed by atoms with van der Waals surface area (Å²) in [6.07, 6.45) is -2.29. The van der Waals surface area contributed by atoms with Crippen LogP contribution >= 0.6 is 0 Å². The number of aromatic nitrogens is 1. The number of anilines is 1. The van der Waals surface area contributed by atoms with E-state index in [0.29, 0.717) is 17.0 Å². The van der Waals surface area contributed by atoms with Gasteiger partial charge >= 0.3 is 12.3 Å². The predicted octanol–water partition coefficient (Wildman–Crippen LogP) is 4.48. The molecule has 1 aromatic heterocycles. The van der Waals surface area contributed by atoms with Crippen molar-refractivity contribution in [1.82, 2.24) is 4.98 Å². The van der Waals surface area contributed by atoms with Crippen LogP contribution in [-0.4, -0.2) is 29.5 Å². The number of benzene rings is 2. The summed E-state index contributed by atoms with van der Waals surface area (Å²) >= 11 is 0. The Hall–Kier alpha value is -3.69. The lowest BCUT2D eigenvalue weighted by Gasteiger charge is -2.20. The number of halogens is 3. The fraction of sp³-hybridized carbons (Fsp3) is 0.158. The standard InChI is InChI=1S/C19H15F3N2O5/c1-27-14-7-4-12(8-15(14)29-19(20,21)22)17(16-9-23-10-28-16)24-13-5-2-11(3-6-13)18(25)26/h2-10,17,24H,1H3,(H,25,26). The van der Waals surface area contributed by atoms with Crippen LogP contribution in [-0.2, 0) is 0 Å². The van der Waals surface area contributed by atoms with E-state index in [1.807, 2.05) is 0 Å². The molecule has 0 radical (unpaired) electrons. The van der Waals surface area contributed by atoms with Crippen LogP contribution in [0.15, 0.2) is 59.5 Å². The summed E-state index contributed by atoms with van der Waals surface area (Å²) in [4.78, 5) is 14.8. The Morgan fingerprint density at radius 1 is 1.17 bits per heavy atom. The minimum absolute atomic E-state index is 0.0896. The fourth-order valence-corrected chi connectivity index (χ4v) is 2.64. The zero-order chi connectivity index (χ0) is 21.0. The van der Waals surface area contributed by atoms with Crippen molar-refractivity contribution in [2.75, 3.05) is 12.4 Å². The first-order valence-corrected chi connectivity index (χ1v) is 8.19. The van der Waals surface area contributed by atoms with Gasteiger partial charge in [0.2, 0.25) is 0 Å². The highest BCUT2D eigenvalue weighted by Gasteiger charge is 2.33. The van der Waals surface area contributed by atoms with E-state index in [2.05, 4.69) is 15.0 Å². The maximum Gasteiger partial charge on any atom is 0.573 e. The van der Waals surface area contributed by atoms with Crippen molar-refractivity contribution in [1.29, 1.82) is 0 Å². The highest BCUT2D eigenvalue weighted by atomic mass is 19.4. The molecule has 2 N–H and O–H groups in total. The number of methoxy groups -OCH3 is 1. The van der Waals surface area contributed by atoms with Gasteiger partial charge in [0.15, 0.2) is 23.7 Å². The second-order valence-electron chi connectivity index (χ2n) is 5.82. The number of carboxylic acid groups (broad SMARTS) is 1. The van der Waals surface area contributed by atoms with Crippen LogP contribution in [0.25, 0.3) is 0 Å². The zero-order valence-electron chi connectivity index (χ0n) is 14.9. The third-order valence-corrected chi connectivity index (χ3v) is 3.93. The van der Waals surface area contributed by atoms with Crippen molar-refractivity contribution < 1.29 is 37.0 Å². The third-order valence-electron chi connectivity index (χ3n) is 3.93. The van der Waals surface area contributed by atoms with E-state index in [1.165, 1.54) is 56.1 Å². The summed E-state index contributed by atoms with van der Waals surface area (Å²) in [5.74, 6) is -1.35. The summed E-state index contributed by atoms with van der Waals surface area (Å²) < 4.78 is 52.5. The number of nitrogens with one attached hydrogen (secondary N) is 1. The van der Waals surface area contributed by atoms with Gasteiger partial charge in [0.1, 0.15) is 6.04 Å². The SMILES string of the molecule is COc1ccc(C(Nc2ccc(C(=O)O)cc2)c2cnco2)cc1OC(F)(F)F. The van der Waals surface area contributed by atoms with Crippen LogP contribution < -0.4 is 14.8 Å². The molecule has 29 heavy (non-hydrogen) atoms. The van der Waals surface area contributed by atoms with Crippen LogP contribution in [0.4, 0.5) is 18.9 Å². The first-order valence-electron chi connectivity index (χ1n) is 8.19. The molecule has 3 aromatic rings. The van der Waals surface area contributed by atoms with Gasteiger partial charge in [-0.25, -0.2) is 9.78 Å². The molecule has 0 aliphatic rings. The average Bonchev–Trinajstić information content (AvgIpc) is 3.19. The van der Waals surface area contributed by atoms with Gasteiger partial charge in [0, 0.05) is 5.69 Å². The molecule has 1 unspecified atom stereocenters. The minimum Gasteiger partial charge on any atom is -0.493 e. The van der Waals surface area contributed by atoms with Gasteiger partial charge in [0.05, 0.1) is 18.9 Å². The van der Waals surface area contributed by atoms with Crippen molar-refractivity contribution in [3.63, 3.8) is 0 Å². The molecule has 7 nitrogen and oxygen atoms in total. The summed E-state index contributed by atoms with van der Waals surface area (Å²) in [7, 11) is 1.23.